The summed E-state index contributed by atoms with van der Waals surface area (Å²) in [4.78, 5) is 10.3. The summed E-state index contributed by atoms with van der Waals surface area (Å²) < 4.78 is 0.993. The highest BCUT2D eigenvalue weighted by Gasteiger charge is 2.14. The number of hydrogen-bond acceptors (Lipinski definition) is 2. The van der Waals surface area contributed by atoms with E-state index < -0.39 is 5.97 Å². The standard InChI is InChI=1S/C18H36O2.C10H12N.CH3.Mg/c1-2-3-4-5-6-7-8-9-10-11-12-13-14-15-16-17-18(19)20;1-2-7-10-9(5-1)6-3-4-8-11-10;;/h2-17H2,1H3,(H,19,20);1-2,4-5,7,11H,3,6,8H2;1H3;. The van der Waals surface area contributed by atoms with Crippen LogP contribution in [0.5, 0.6) is 0 Å². The van der Waals surface area contributed by atoms with Crippen LogP contribution in [0.4, 0.5) is 5.69 Å². The zero-order valence-electron chi connectivity index (χ0n) is 21.9. The summed E-state index contributed by atoms with van der Waals surface area (Å²) in [5, 5.41) is 14.5. The molecule has 1 atom stereocenters. The first-order chi connectivity index (χ1) is 16.2. The van der Waals surface area contributed by atoms with Crippen LogP contribution in [-0.2, 0) is 11.2 Å². The molecule has 1 aromatic carbocycles. The Bertz CT molecular complexity index is 566. The maximum absolute atomic E-state index is 10.3. The second-order valence-corrected chi connectivity index (χ2v) is 11.9. The summed E-state index contributed by atoms with van der Waals surface area (Å²) in [5.41, 5.74) is 2.87. The van der Waals surface area contributed by atoms with Crippen molar-refractivity contribution in [3.8, 4) is 0 Å². The van der Waals surface area contributed by atoms with Gasteiger partial charge in [0.2, 0.25) is 0 Å². The Morgan fingerprint density at radius 3 is 1.91 bits per heavy atom. The van der Waals surface area contributed by atoms with E-state index in [-0.39, 0.29) is 20.4 Å². The van der Waals surface area contributed by atoms with Gasteiger partial charge in [-0.15, -0.1) is 4.05 Å². The second-order valence-electron chi connectivity index (χ2n) is 9.94. The van der Waals surface area contributed by atoms with Crippen molar-refractivity contribution in [1.82, 2.24) is 0 Å². The van der Waals surface area contributed by atoms with Gasteiger partial charge in [0.1, 0.15) is 0 Å². The van der Waals surface area contributed by atoms with Crippen molar-refractivity contribution in [2.24, 2.45) is 0 Å². The van der Waals surface area contributed by atoms with E-state index in [1.807, 2.05) is 0 Å². The topological polar surface area (TPSA) is 49.3 Å². The molecular weight excluding hydrogens is 419 g/mol. The van der Waals surface area contributed by atoms with Crippen molar-refractivity contribution in [2.45, 2.75) is 132 Å². The van der Waals surface area contributed by atoms with Crippen molar-refractivity contribution < 1.29 is 9.90 Å². The fraction of sp³-hybridized carbons (Fsp3) is 0.759. The van der Waals surface area contributed by atoms with Crippen LogP contribution >= 0.6 is 0 Å². The van der Waals surface area contributed by atoms with E-state index in [9.17, 15) is 4.79 Å². The molecule has 0 bridgehead atoms. The molecule has 0 saturated carbocycles. The van der Waals surface area contributed by atoms with Crippen molar-refractivity contribution in [3.05, 3.63) is 29.8 Å². The minimum atomic E-state index is -0.653. The van der Waals surface area contributed by atoms with Crippen molar-refractivity contribution >= 4 is 32.0 Å². The molecule has 1 aromatic rings. The minimum absolute atomic E-state index is 0.168. The lowest BCUT2D eigenvalue weighted by Crippen LogP contribution is -2.10. The molecule has 0 radical (unpaired) electrons. The molecular formula is C29H51MgNO2. The Kier molecular flexibility index (Phi) is 20.0. The van der Waals surface area contributed by atoms with Crippen LogP contribution in [-0.4, -0.2) is 38.0 Å². The summed E-state index contributed by atoms with van der Waals surface area (Å²) in [6.07, 6.45) is 22.9. The zero-order valence-corrected chi connectivity index (χ0v) is 23.3. The lowest BCUT2D eigenvalue weighted by atomic mass is 10.0. The van der Waals surface area contributed by atoms with Crippen LogP contribution in [0, 0.1) is 0 Å². The Morgan fingerprint density at radius 2 is 1.39 bits per heavy atom. The molecule has 1 aliphatic rings. The van der Waals surface area contributed by atoms with Gasteiger partial charge in [0.05, 0.1) is 0 Å². The molecule has 2 rings (SSSR count). The molecule has 0 aliphatic carbocycles. The molecule has 0 saturated heterocycles. The van der Waals surface area contributed by atoms with E-state index in [0.717, 1.165) is 16.9 Å². The minimum Gasteiger partial charge on any atom is -0.481 e. The van der Waals surface area contributed by atoms with Crippen molar-refractivity contribution in [3.63, 3.8) is 0 Å². The predicted octanol–water partition coefficient (Wildman–Crippen LogP) is 8.92. The fourth-order valence-corrected chi connectivity index (χ4v) is 5.67. The summed E-state index contributed by atoms with van der Waals surface area (Å²) in [5.74, 6) is -0.653. The van der Waals surface area contributed by atoms with Gasteiger partial charge < -0.3 is 10.4 Å². The highest BCUT2D eigenvalue weighted by Crippen LogP contribution is 2.25. The van der Waals surface area contributed by atoms with Gasteiger partial charge in [-0.05, 0) is 31.0 Å². The molecule has 186 valence electrons. The molecule has 3 nitrogen and oxygen atoms in total. The number of nitrogens with one attached hydrogen (secondary N) is 1. The number of aryl methyl sites for hydroxylation is 1. The normalized spacial score (nSPS) is 14.8. The zero-order chi connectivity index (χ0) is 24.0. The van der Waals surface area contributed by atoms with Crippen molar-refractivity contribution in [1.29, 1.82) is 0 Å². The van der Waals surface area contributed by atoms with Crippen LogP contribution < -0.4 is 5.32 Å². The summed E-state index contributed by atoms with van der Waals surface area (Å²) in [7, 11) is 0. The quantitative estimate of drug-likeness (QED) is 0.177. The van der Waals surface area contributed by atoms with E-state index in [4.69, 9.17) is 5.11 Å². The molecule has 0 aromatic heterocycles. The molecule has 2 N–H and O–H groups in total. The monoisotopic (exact) mass is 469 g/mol. The van der Waals surface area contributed by atoms with Gasteiger partial charge >= 0.3 is 26.3 Å². The summed E-state index contributed by atoms with van der Waals surface area (Å²) >= 11 is 0.168. The van der Waals surface area contributed by atoms with Crippen LogP contribution in [0.15, 0.2) is 24.3 Å². The average molecular weight is 470 g/mol. The SMILES string of the molecule is CCCCCCCCCCCCCCCCCC(=O)O.[CH3][Mg][CH]1CCc2ccccc2NC1. The maximum atomic E-state index is 10.3. The molecule has 0 fully saturated rings. The molecule has 4 heteroatoms. The highest BCUT2D eigenvalue weighted by molar-refractivity contribution is 6.35. The number of rotatable bonds is 17. The summed E-state index contributed by atoms with van der Waals surface area (Å²) in [6.45, 7) is 3.48. The average Bonchev–Trinajstić information content (AvgIpc) is 3.04. The second kappa shape index (κ2) is 21.8. The highest BCUT2D eigenvalue weighted by atomic mass is 24.5. The lowest BCUT2D eigenvalue weighted by molar-refractivity contribution is -0.137. The summed E-state index contributed by atoms with van der Waals surface area (Å²) in [6, 6.07) is 8.72. The third kappa shape index (κ3) is 17.4. The van der Waals surface area contributed by atoms with E-state index in [0.29, 0.717) is 6.42 Å². The van der Waals surface area contributed by atoms with Crippen LogP contribution in [0.1, 0.15) is 122 Å². The van der Waals surface area contributed by atoms with Gasteiger partial charge in [0.15, 0.2) is 0 Å². The number of para-hydroxylation sites is 1. The fourth-order valence-electron chi connectivity index (χ4n) is 4.62. The van der Waals surface area contributed by atoms with Crippen molar-refractivity contribution in [2.75, 3.05) is 11.9 Å². The van der Waals surface area contributed by atoms with Crippen LogP contribution in [0.3, 0.4) is 0 Å². The Labute approximate surface area is 214 Å². The first-order valence-corrected chi connectivity index (χ1v) is 16.4. The molecule has 0 spiro atoms. The number of aliphatic carboxylic acids is 1. The Balaban J connectivity index is 0.000000357. The smallest absolute Gasteiger partial charge is 0.367 e. The van der Waals surface area contributed by atoms with E-state index in [2.05, 4.69) is 41.6 Å². The molecule has 33 heavy (non-hydrogen) atoms. The van der Waals surface area contributed by atoms with Gasteiger partial charge in [0, 0.05) is 12.1 Å². The number of carbonyl (C=O) groups is 1. The number of unbranched alkanes of at least 4 members (excludes halogenated alkanes) is 14. The number of fused-ring (bicyclic) bond motifs is 1. The van der Waals surface area contributed by atoms with Gasteiger partial charge in [-0.1, -0.05) is 121 Å². The number of benzene rings is 1. The number of carboxylic acid groups (broad SMARTS) is 1. The number of hydrogen-bond donors (Lipinski definition) is 2. The van der Waals surface area contributed by atoms with Crippen LogP contribution in [0.2, 0.25) is 9.10 Å². The Morgan fingerprint density at radius 1 is 0.879 bits per heavy atom. The largest absolute Gasteiger partial charge is 0.481 e. The first kappa shape index (κ1) is 30.3. The van der Waals surface area contributed by atoms with E-state index >= 15 is 0 Å². The number of anilines is 1. The Hall–Kier alpha value is -0.744. The lowest BCUT2D eigenvalue weighted by Gasteiger charge is -2.10. The van der Waals surface area contributed by atoms with Gasteiger partial charge in [-0.2, -0.15) is 5.05 Å². The van der Waals surface area contributed by atoms with E-state index in [1.165, 1.54) is 114 Å². The van der Waals surface area contributed by atoms with E-state index in [1.54, 1.807) is 0 Å². The maximum Gasteiger partial charge on any atom is 0.367 e. The van der Waals surface area contributed by atoms with Gasteiger partial charge in [0.25, 0.3) is 0 Å². The van der Waals surface area contributed by atoms with Gasteiger partial charge in [-0.3, -0.25) is 4.79 Å². The molecule has 1 aliphatic heterocycles. The predicted molar refractivity (Wildman–Crippen MR) is 146 cm³/mol. The van der Waals surface area contributed by atoms with Gasteiger partial charge in [-0.25, -0.2) is 0 Å². The van der Waals surface area contributed by atoms with Crippen LogP contribution in [0.25, 0.3) is 0 Å². The molecule has 1 unspecified atom stereocenters. The first-order valence-electron chi connectivity index (χ1n) is 14.2. The third-order valence-corrected chi connectivity index (χ3v) is 8.84. The molecule has 0 amide bonds. The third-order valence-electron chi connectivity index (χ3n) is 6.99. The molecule has 1 heterocycles. The number of carboxylic acids is 1.